The van der Waals surface area contributed by atoms with Gasteiger partial charge >= 0.3 is 12.0 Å². The van der Waals surface area contributed by atoms with Crippen LogP contribution < -0.4 is 10.6 Å². The molecule has 0 aliphatic rings. The Bertz CT molecular complexity index is 995. The predicted octanol–water partition coefficient (Wildman–Crippen LogP) is 3.28. The molecule has 150 valence electrons. The number of rotatable bonds is 6. The molecule has 0 aliphatic heterocycles. The molecule has 0 unspecified atom stereocenters. The van der Waals surface area contributed by atoms with E-state index in [4.69, 9.17) is 0 Å². The lowest BCUT2D eigenvalue weighted by molar-refractivity contribution is 0.0600. The molecule has 2 amide bonds. The van der Waals surface area contributed by atoms with Gasteiger partial charge in [-0.15, -0.1) is 0 Å². The van der Waals surface area contributed by atoms with Crippen molar-refractivity contribution < 1.29 is 14.3 Å². The summed E-state index contributed by atoms with van der Waals surface area (Å²) in [6.45, 7) is 4.67. The molecule has 1 aromatic heterocycles. The minimum absolute atomic E-state index is 0.270. The summed E-state index contributed by atoms with van der Waals surface area (Å²) in [6.07, 6.45) is 0. The van der Waals surface area contributed by atoms with E-state index in [1.807, 2.05) is 48.9 Å². The van der Waals surface area contributed by atoms with Gasteiger partial charge in [0, 0.05) is 24.3 Å². The zero-order valence-corrected chi connectivity index (χ0v) is 16.7. The Hall–Kier alpha value is -3.61. The Morgan fingerprint density at radius 3 is 2.28 bits per heavy atom. The van der Waals surface area contributed by atoms with Gasteiger partial charge in [0.2, 0.25) is 0 Å². The van der Waals surface area contributed by atoms with Gasteiger partial charge in [0.1, 0.15) is 0 Å². The van der Waals surface area contributed by atoms with Gasteiger partial charge in [-0.05, 0) is 43.7 Å². The maximum atomic E-state index is 12.2. The molecule has 0 bridgehead atoms. The summed E-state index contributed by atoms with van der Waals surface area (Å²) in [7, 11) is 1.34. The number of carbonyl (C=O) groups excluding carboxylic acids is 2. The topological polar surface area (TPSA) is 85.2 Å². The van der Waals surface area contributed by atoms with Crippen LogP contribution in [0.15, 0.2) is 54.6 Å². The molecule has 29 heavy (non-hydrogen) atoms. The highest BCUT2D eigenvalue weighted by Gasteiger charge is 2.13. The Morgan fingerprint density at radius 1 is 0.966 bits per heavy atom. The van der Waals surface area contributed by atoms with Crippen molar-refractivity contribution in [2.75, 3.05) is 7.11 Å². The second kappa shape index (κ2) is 9.05. The van der Waals surface area contributed by atoms with Crippen molar-refractivity contribution >= 4 is 12.0 Å². The van der Waals surface area contributed by atoms with Gasteiger partial charge in [0.15, 0.2) is 0 Å². The number of urea groups is 1. The van der Waals surface area contributed by atoms with Gasteiger partial charge in [-0.3, -0.25) is 0 Å². The van der Waals surface area contributed by atoms with Gasteiger partial charge < -0.3 is 15.4 Å². The average Bonchev–Trinajstić information content (AvgIpc) is 3.04. The van der Waals surface area contributed by atoms with Crippen LogP contribution >= 0.6 is 0 Å². The molecular weight excluding hydrogens is 368 g/mol. The molecule has 3 aromatic rings. The van der Waals surface area contributed by atoms with Crippen LogP contribution in [-0.4, -0.2) is 28.9 Å². The number of hydrogen-bond acceptors (Lipinski definition) is 4. The van der Waals surface area contributed by atoms with Crippen molar-refractivity contribution in [1.82, 2.24) is 20.4 Å². The summed E-state index contributed by atoms with van der Waals surface area (Å²) in [5.41, 5.74) is 5.21. The van der Waals surface area contributed by atoms with E-state index >= 15 is 0 Å². The minimum atomic E-state index is -0.385. The van der Waals surface area contributed by atoms with Crippen molar-refractivity contribution in [3.05, 3.63) is 82.7 Å². The van der Waals surface area contributed by atoms with Gasteiger partial charge in [-0.1, -0.05) is 30.3 Å². The van der Waals surface area contributed by atoms with E-state index in [1.54, 1.807) is 24.3 Å². The zero-order chi connectivity index (χ0) is 20.8. The first-order chi connectivity index (χ1) is 14.0. The third-order valence-electron chi connectivity index (χ3n) is 4.70. The fourth-order valence-electron chi connectivity index (χ4n) is 3.04. The highest BCUT2D eigenvalue weighted by atomic mass is 16.5. The van der Waals surface area contributed by atoms with Crippen molar-refractivity contribution in [3.8, 4) is 5.69 Å². The first-order valence-corrected chi connectivity index (χ1v) is 9.29. The van der Waals surface area contributed by atoms with E-state index in [2.05, 4.69) is 20.5 Å². The van der Waals surface area contributed by atoms with Crippen molar-refractivity contribution in [2.24, 2.45) is 0 Å². The highest BCUT2D eigenvalue weighted by Crippen LogP contribution is 2.17. The van der Waals surface area contributed by atoms with Crippen LogP contribution in [0, 0.1) is 13.8 Å². The number of benzene rings is 2. The quantitative estimate of drug-likeness (QED) is 0.631. The molecule has 2 N–H and O–H groups in total. The lowest BCUT2D eigenvalue weighted by Crippen LogP contribution is -2.34. The van der Waals surface area contributed by atoms with E-state index in [9.17, 15) is 9.59 Å². The van der Waals surface area contributed by atoms with Crippen LogP contribution in [0.5, 0.6) is 0 Å². The third-order valence-corrected chi connectivity index (χ3v) is 4.70. The van der Waals surface area contributed by atoms with Crippen LogP contribution in [0.2, 0.25) is 0 Å². The molecule has 0 saturated carbocycles. The summed E-state index contributed by atoms with van der Waals surface area (Å²) in [5.74, 6) is -0.385. The molecule has 0 aliphatic carbocycles. The maximum Gasteiger partial charge on any atom is 0.337 e. The van der Waals surface area contributed by atoms with Gasteiger partial charge in [0.05, 0.1) is 24.1 Å². The molecule has 0 fully saturated rings. The summed E-state index contributed by atoms with van der Waals surface area (Å²) in [6, 6.07) is 16.5. The fourth-order valence-corrected chi connectivity index (χ4v) is 3.04. The SMILES string of the molecule is COC(=O)c1ccc(CNC(=O)NCc2c(C)nn(-c3ccccc3)c2C)cc1. The Morgan fingerprint density at radius 2 is 1.62 bits per heavy atom. The van der Waals surface area contributed by atoms with E-state index in [0.29, 0.717) is 18.7 Å². The summed E-state index contributed by atoms with van der Waals surface area (Å²) in [5, 5.41) is 10.3. The number of amides is 2. The van der Waals surface area contributed by atoms with Crippen molar-refractivity contribution in [1.29, 1.82) is 0 Å². The van der Waals surface area contributed by atoms with Crippen molar-refractivity contribution in [3.63, 3.8) is 0 Å². The number of methoxy groups -OCH3 is 1. The molecule has 0 radical (unpaired) electrons. The molecule has 2 aromatic carbocycles. The zero-order valence-electron chi connectivity index (χ0n) is 16.7. The minimum Gasteiger partial charge on any atom is -0.465 e. The van der Waals surface area contributed by atoms with E-state index in [-0.39, 0.29) is 12.0 Å². The Balaban J connectivity index is 1.56. The molecule has 0 spiro atoms. The number of ether oxygens (including phenoxy) is 1. The van der Waals surface area contributed by atoms with Gasteiger partial charge in [-0.2, -0.15) is 5.10 Å². The Labute approximate surface area is 169 Å². The van der Waals surface area contributed by atoms with Crippen LogP contribution in [0.4, 0.5) is 4.79 Å². The van der Waals surface area contributed by atoms with E-state index in [0.717, 1.165) is 28.2 Å². The first-order valence-electron chi connectivity index (χ1n) is 9.29. The number of para-hydroxylation sites is 1. The molecule has 7 nitrogen and oxygen atoms in total. The molecule has 0 atom stereocenters. The average molecular weight is 392 g/mol. The second-order valence-corrected chi connectivity index (χ2v) is 6.62. The summed E-state index contributed by atoms with van der Waals surface area (Å²) in [4.78, 5) is 23.6. The van der Waals surface area contributed by atoms with E-state index < -0.39 is 0 Å². The third kappa shape index (κ3) is 4.82. The number of nitrogens with one attached hydrogen (secondary N) is 2. The van der Waals surface area contributed by atoms with Crippen molar-refractivity contribution in [2.45, 2.75) is 26.9 Å². The van der Waals surface area contributed by atoms with Crippen LogP contribution in [0.3, 0.4) is 0 Å². The van der Waals surface area contributed by atoms with Gasteiger partial charge in [0.25, 0.3) is 0 Å². The number of nitrogens with zero attached hydrogens (tertiary/aromatic N) is 2. The lowest BCUT2D eigenvalue weighted by Gasteiger charge is -2.09. The molecule has 0 saturated heterocycles. The highest BCUT2D eigenvalue weighted by molar-refractivity contribution is 5.89. The summed E-state index contributed by atoms with van der Waals surface area (Å²) < 4.78 is 6.55. The fraction of sp³-hybridized carbons (Fsp3) is 0.227. The summed E-state index contributed by atoms with van der Waals surface area (Å²) >= 11 is 0. The van der Waals surface area contributed by atoms with E-state index in [1.165, 1.54) is 7.11 Å². The maximum absolute atomic E-state index is 12.2. The monoisotopic (exact) mass is 392 g/mol. The molecule has 3 rings (SSSR count). The second-order valence-electron chi connectivity index (χ2n) is 6.62. The molecule has 1 heterocycles. The Kier molecular flexibility index (Phi) is 6.29. The number of carbonyl (C=O) groups is 2. The smallest absolute Gasteiger partial charge is 0.337 e. The van der Waals surface area contributed by atoms with Gasteiger partial charge in [-0.25, -0.2) is 14.3 Å². The first kappa shape index (κ1) is 20.1. The largest absolute Gasteiger partial charge is 0.465 e. The normalized spacial score (nSPS) is 10.4. The van der Waals surface area contributed by atoms with Crippen LogP contribution in [-0.2, 0) is 17.8 Å². The number of hydrogen-bond donors (Lipinski definition) is 2. The number of aryl methyl sites for hydroxylation is 1. The standard InChI is InChI=1S/C22H24N4O3/c1-15-20(16(2)26(25-15)19-7-5-4-6-8-19)14-24-22(28)23-13-17-9-11-18(12-10-17)21(27)29-3/h4-12H,13-14H2,1-3H3,(H2,23,24,28). The predicted molar refractivity (Wildman–Crippen MR) is 110 cm³/mol. The van der Waals surface area contributed by atoms with Crippen LogP contribution in [0.25, 0.3) is 5.69 Å². The molecular formula is C22H24N4O3. The number of esters is 1. The number of aromatic nitrogens is 2. The molecule has 7 heteroatoms. The van der Waals surface area contributed by atoms with Crippen LogP contribution in [0.1, 0.15) is 32.9 Å². The lowest BCUT2D eigenvalue weighted by atomic mass is 10.1.